The van der Waals surface area contributed by atoms with Crippen molar-refractivity contribution in [3.05, 3.63) is 28.0 Å². The van der Waals surface area contributed by atoms with E-state index in [-0.39, 0.29) is 16.1 Å². The summed E-state index contributed by atoms with van der Waals surface area (Å²) in [5.41, 5.74) is 6.45. The lowest BCUT2D eigenvalue weighted by Crippen LogP contribution is -2.26. The second-order valence-electron chi connectivity index (χ2n) is 5.27. The summed E-state index contributed by atoms with van der Waals surface area (Å²) in [5.74, 6) is 0.221. The molecule has 1 aromatic carbocycles. The van der Waals surface area contributed by atoms with Crippen LogP contribution in [0, 0.1) is 11.7 Å². The molecule has 1 aliphatic rings. The minimum absolute atomic E-state index is 0.105. The molecule has 4 nitrogen and oxygen atoms in total. The second kappa shape index (κ2) is 6.43. The molecule has 1 aliphatic heterocycles. The Morgan fingerprint density at radius 2 is 2.20 bits per heavy atom. The first-order valence-electron chi connectivity index (χ1n) is 6.75. The number of amidine groups is 1. The monoisotopic (exact) mass is 343 g/mol. The summed E-state index contributed by atoms with van der Waals surface area (Å²) >= 11 is 3.20. The Labute approximate surface area is 126 Å². The zero-order chi connectivity index (χ0) is 14.7. The van der Waals surface area contributed by atoms with Crippen LogP contribution in [0.3, 0.4) is 0 Å². The summed E-state index contributed by atoms with van der Waals surface area (Å²) in [5, 5.41) is 11.6. The van der Waals surface area contributed by atoms with Gasteiger partial charge >= 0.3 is 0 Å². The Hall–Kier alpha value is -1.30. The lowest BCUT2D eigenvalue weighted by atomic mass is 10.0. The van der Waals surface area contributed by atoms with E-state index in [1.54, 1.807) is 12.1 Å². The molecule has 1 atom stereocenters. The molecule has 0 amide bonds. The molecule has 0 aliphatic carbocycles. The van der Waals surface area contributed by atoms with Crippen LogP contribution in [-0.4, -0.2) is 24.1 Å². The molecule has 1 fully saturated rings. The summed E-state index contributed by atoms with van der Waals surface area (Å²) in [7, 11) is 0. The molecule has 0 spiro atoms. The second-order valence-corrected chi connectivity index (χ2v) is 6.06. The quantitative estimate of drug-likeness (QED) is 0.375. The average Bonchev–Trinajstić information content (AvgIpc) is 2.66. The number of rotatable bonds is 2. The van der Waals surface area contributed by atoms with Crippen molar-refractivity contribution >= 4 is 27.5 Å². The third-order valence-electron chi connectivity index (χ3n) is 3.80. The highest BCUT2D eigenvalue weighted by Gasteiger charge is 2.20. The minimum atomic E-state index is -0.358. The van der Waals surface area contributed by atoms with Crippen LogP contribution in [-0.2, 0) is 0 Å². The zero-order valence-corrected chi connectivity index (χ0v) is 13.0. The van der Waals surface area contributed by atoms with Crippen LogP contribution in [0.1, 0.15) is 31.7 Å². The number of halogens is 2. The SMILES string of the molecule is CC1CCCN(c2ccc(/C(N)=N/O)c(Br)c2F)CC1. The van der Waals surface area contributed by atoms with Crippen molar-refractivity contribution in [2.24, 2.45) is 16.8 Å². The third kappa shape index (κ3) is 3.06. The van der Waals surface area contributed by atoms with Crippen molar-refractivity contribution in [1.29, 1.82) is 0 Å². The number of anilines is 1. The largest absolute Gasteiger partial charge is 0.409 e. The fourth-order valence-electron chi connectivity index (χ4n) is 2.54. The van der Waals surface area contributed by atoms with E-state index < -0.39 is 0 Å². The third-order valence-corrected chi connectivity index (χ3v) is 4.58. The Balaban J connectivity index is 2.31. The molecule has 1 saturated heterocycles. The van der Waals surface area contributed by atoms with Crippen molar-refractivity contribution < 1.29 is 9.60 Å². The predicted octanol–water partition coefficient (Wildman–Crippen LogP) is 3.31. The van der Waals surface area contributed by atoms with Crippen LogP contribution in [0.5, 0.6) is 0 Å². The molecule has 0 radical (unpaired) electrons. The topological polar surface area (TPSA) is 61.8 Å². The van der Waals surface area contributed by atoms with E-state index in [1.807, 2.05) is 0 Å². The zero-order valence-electron chi connectivity index (χ0n) is 11.4. The van der Waals surface area contributed by atoms with Crippen molar-refractivity contribution in [2.75, 3.05) is 18.0 Å². The van der Waals surface area contributed by atoms with Gasteiger partial charge in [-0.05, 0) is 53.2 Å². The van der Waals surface area contributed by atoms with Crippen LogP contribution in [0.4, 0.5) is 10.1 Å². The number of hydrogen-bond donors (Lipinski definition) is 2. The van der Waals surface area contributed by atoms with E-state index in [0.29, 0.717) is 17.2 Å². The fourth-order valence-corrected chi connectivity index (χ4v) is 3.08. The van der Waals surface area contributed by atoms with Crippen LogP contribution < -0.4 is 10.6 Å². The minimum Gasteiger partial charge on any atom is -0.409 e. The maximum absolute atomic E-state index is 14.5. The smallest absolute Gasteiger partial charge is 0.171 e. The molecular formula is C14H19BrFN3O. The Kier molecular flexibility index (Phi) is 4.86. The average molecular weight is 344 g/mol. The van der Waals surface area contributed by atoms with E-state index in [0.717, 1.165) is 25.9 Å². The molecule has 110 valence electrons. The van der Waals surface area contributed by atoms with E-state index in [1.165, 1.54) is 6.42 Å². The maximum Gasteiger partial charge on any atom is 0.171 e. The van der Waals surface area contributed by atoms with E-state index in [9.17, 15) is 4.39 Å². The van der Waals surface area contributed by atoms with Gasteiger partial charge in [-0.1, -0.05) is 12.1 Å². The number of oxime groups is 1. The molecule has 6 heteroatoms. The molecular weight excluding hydrogens is 325 g/mol. The molecule has 1 aromatic rings. The van der Waals surface area contributed by atoms with Gasteiger partial charge in [-0.25, -0.2) is 4.39 Å². The number of nitrogens with zero attached hydrogens (tertiary/aromatic N) is 2. The number of hydrogen-bond acceptors (Lipinski definition) is 3. The highest BCUT2D eigenvalue weighted by molar-refractivity contribution is 9.10. The van der Waals surface area contributed by atoms with Gasteiger partial charge in [0.25, 0.3) is 0 Å². The molecule has 0 saturated carbocycles. The summed E-state index contributed by atoms with van der Waals surface area (Å²) in [6.45, 7) is 3.95. The van der Waals surface area contributed by atoms with Crippen molar-refractivity contribution in [1.82, 2.24) is 0 Å². The van der Waals surface area contributed by atoms with Gasteiger partial charge in [0.15, 0.2) is 11.7 Å². The summed E-state index contributed by atoms with van der Waals surface area (Å²) in [4.78, 5) is 2.07. The number of benzene rings is 1. The van der Waals surface area contributed by atoms with Gasteiger partial charge in [0.1, 0.15) is 0 Å². The van der Waals surface area contributed by atoms with Crippen LogP contribution in [0.2, 0.25) is 0 Å². The van der Waals surface area contributed by atoms with Gasteiger partial charge in [-0.15, -0.1) is 0 Å². The van der Waals surface area contributed by atoms with Crippen LogP contribution in [0.15, 0.2) is 21.8 Å². The summed E-state index contributed by atoms with van der Waals surface area (Å²) < 4.78 is 14.7. The number of nitrogens with two attached hydrogens (primary N) is 1. The molecule has 0 bridgehead atoms. The van der Waals surface area contributed by atoms with E-state index in [2.05, 4.69) is 32.9 Å². The first-order chi connectivity index (χ1) is 9.54. The molecule has 20 heavy (non-hydrogen) atoms. The van der Waals surface area contributed by atoms with Crippen LogP contribution in [0.25, 0.3) is 0 Å². The standard InChI is InChI=1S/C14H19BrFN3O/c1-9-3-2-7-19(8-6-9)11-5-4-10(14(17)18-20)12(15)13(11)16/h4-5,9,20H,2-3,6-8H2,1H3,(H2,17,18). The Morgan fingerprint density at radius 1 is 1.45 bits per heavy atom. The highest BCUT2D eigenvalue weighted by Crippen LogP contribution is 2.31. The van der Waals surface area contributed by atoms with E-state index in [4.69, 9.17) is 10.9 Å². The van der Waals surface area contributed by atoms with Gasteiger partial charge in [-0.2, -0.15) is 0 Å². The lowest BCUT2D eigenvalue weighted by Gasteiger charge is -2.24. The predicted molar refractivity (Wildman–Crippen MR) is 81.8 cm³/mol. The maximum atomic E-state index is 14.5. The van der Waals surface area contributed by atoms with Crippen LogP contribution >= 0.6 is 15.9 Å². The fraction of sp³-hybridized carbons (Fsp3) is 0.500. The van der Waals surface area contributed by atoms with Gasteiger partial charge in [0.2, 0.25) is 0 Å². The lowest BCUT2D eigenvalue weighted by molar-refractivity contribution is 0.318. The Bertz CT molecular complexity index is 521. The van der Waals surface area contributed by atoms with Crippen molar-refractivity contribution in [2.45, 2.75) is 26.2 Å². The van der Waals surface area contributed by atoms with Gasteiger partial charge in [-0.3, -0.25) is 0 Å². The van der Waals surface area contributed by atoms with Gasteiger partial charge < -0.3 is 15.8 Å². The highest BCUT2D eigenvalue weighted by atomic mass is 79.9. The van der Waals surface area contributed by atoms with Crippen molar-refractivity contribution in [3.8, 4) is 0 Å². The Morgan fingerprint density at radius 3 is 2.90 bits per heavy atom. The van der Waals surface area contributed by atoms with Gasteiger partial charge in [0.05, 0.1) is 10.2 Å². The normalized spacial score (nSPS) is 20.9. The molecule has 3 N–H and O–H groups in total. The molecule has 0 aromatic heterocycles. The molecule has 1 heterocycles. The van der Waals surface area contributed by atoms with Gasteiger partial charge in [0, 0.05) is 18.7 Å². The van der Waals surface area contributed by atoms with Crippen molar-refractivity contribution in [3.63, 3.8) is 0 Å². The summed E-state index contributed by atoms with van der Waals surface area (Å²) in [6.07, 6.45) is 3.32. The van der Waals surface area contributed by atoms with E-state index >= 15 is 0 Å². The summed E-state index contributed by atoms with van der Waals surface area (Å²) in [6, 6.07) is 3.37. The molecule has 2 rings (SSSR count). The first kappa shape index (κ1) is 15.1. The molecule has 1 unspecified atom stereocenters. The first-order valence-corrected chi connectivity index (χ1v) is 7.54.